The van der Waals surface area contributed by atoms with Crippen molar-refractivity contribution in [3.63, 3.8) is 0 Å². The predicted molar refractivity (Wildman–Crippen MR) is 99.0 cm³/mol. The van der Waals surface area contributed by atoms with Gasteiger partial charge in [0.05, 0.1) is 6.04 Å². The van der Waals surface area contributed by atoms with Gasteiger partial charge in [-0.25, -0.2) is 4.98 Å². The number of ether oxygens (including phenoxy) is 2. The van der Waals surface area contributed by atoms with Crippen molar-refractivity contribution in [3.8, 4) is 11.5 Å². The van der Waals surface area contributed by atoms with Gasteiger partial charge in [-0.3, -0.25) is 4.79 Å². The summed E-state index contributed by atoms with van der Waals surface area (Å²) in [6, 6.07) is 9.60. The van der Waals surface area contributed by atoms with Crippen LogP contribution >= 0.6 is 0 Å². The fourth-order valence-corrected chi connectivity index (χ4v) is 3.58. The molecule has 0 unspecified atom stereocenters. The summed E-state index contributed by atoms with van der Waals surface area (Å²) in [5.41, 5.74) is 1.77. The summed E-state index contributed by atoms with van der Waals surface area (Å²) in [5.74, 6) is 2.29. The molecule has 0 aliphatic carbocycles. The molecule has 2 aliphatic rings. The summed E-state index contributed by atoms with van der Waals surface area (Å²) in [6.45, 7) is 1.82. The second-order valence-electron chi connectivity index (χ2n) is 6.86. The molecule has 2 aromatic rings. The Labute approximate surface area is 153 Å². The highest BCUT2D eigenvalue weighted by Crippen LogP contribution is 2.36. The number of amides is 1. The highest BCUT2D eigenvalue weighted by Gasteiger charge is 2.31. The first-order valence-corrected chi connectivity index (χ1v) is 8.97. The van der Waals surface area contributed by atoms with E-state index in [9.17, 15) is 4.79 Å². The minimum absolute atomic E-state index is 0.0349. The summed E-state index contributed by atoms with van der Waals surface area (Å²) in [4.78, 5) is 21.5. The molecule has 3 heterocycles. The van der Waals surface area contributed by atoms with Crippen molar-refractivity contribution in [1.29, 1.82) is 0 Å². The molecule has 0 saturated carbocycles. The van der Waals surface area contributed by atoms with E-state index in [0.717, 1.165) is 30.8 Å². The molecule has 1 fully saturated rings. The van der Waals surface area contributed by atoms with Crippen LogP contribution in [0.2, 0.25) is 0 Å². The third kappa shape index (κ3) is 3.07. The van der Waals surface area contributed by atoms with E-state index in [0.29, 0.717) is 30.3 Å². The smallest absolute Gasteiger partial charge is 0.254 e. The average molecular weight is 353 g/mol. The molecule has 136 valence electrons. The Balaban J connectivity index is 1.60. The number of nitrogens with zero attached hydrogens (tertiary/aromatic N) is 3. The summed E-state index contributed by atoms with van der Waals surface area (Å²) in [7, 11) is 3.94. The van der Waals surface area contributed by atoms with Crippen molar-refractivity contribution in [2.24, 2.45) is 0 Å². The molecular weight excluding hydrogens is 330 g/mol. The molecule has 6 nitrogen and oxygen atoms in total. The lowest BCUT2D eigenvalue weighted by molar-refractivity contribution is 0.0734. The van der Waals surface area contributed by atoms with Crippen LogP contribution in [0.3, 0.4) is 0 Å². The lowest BCUT2D eigenvalue weighted by Gasteiger charge is -2.26. The number of hydrogen-bond acceptors (Lipinski definition) is 5. The monoisotopic (exact) mass is 353 g/mol. The Morgan fingerprint density at radius 1 is 1.15 bits per heavy atom. The van der Waals surface area contributed by atoms with E-state index in [4.69, 9.17) is 9.47 Å². The number of aromatic nitrogens is 1. The van der Waals surface area contributed by atoms with Gasteiger partial charge in [0, 0.05) is 32.4 Å². The molecule has 0 N–H and O–H groups in total. The van der Waals surface area contributed by atoms with E-state index in [2.05, 4.69) is 11.1 Å². The van der Waals surface area contributed by atoms with E-state index in [1.54, 1.807) is 6.07 Å². The maximum Gasteiger partial charge on any atom is 0.254 e. The molecule has 6 heteroatoms. The fourth-order valence-electron chi connectivity index (χ4n) is 3.58. The van der Waals surface area contributed by atoms with E-state index in [1.165, 1.54) is 0 Å². The van der Waals surface area contributed by atoms with Gasteiger partial charge in [-0.2, -0.15) is 0 Å². The van der Waals surface area contributed by atoms with E-state index in [-0.39, 0.29) is 11.9 Å². The normalized spacial score (nSPS) is 18.7. The summed E-state index contributed by atoms with van der Waals surface area (Å²) < 4.78 is 11.2. The highest BCUT2D eigenvalue weighted by atomic mass is 16.6. The topological polar surface area (TPSA) is 54.9 Å². The van der Waals surface area contributed by atoms with Crippen LogP contribution in [0, 0.1) is 0 Å². The quantitative estimate of drug-likeness (QED) is 0.849. The minimum atomic E-state index is 0.0349. The Kier molecular flexibility index (Phi) is 4.41. The zero-order chi connectivity index (χ0) is 18.1. The third-order valence-corrected chi connectivity index (χ3v) is 4.92. The highest BCUT2D eigenvalue weighted by molar-refractivity contribution is 5.95. The van der Waals surface area contributed by atoms with Crippen molar-refractivity contribution in [1.82, 2.24) is 9.88 Å². The maximum absolute atomic E-state index is 13.1. The number of fused-ring (bicyclic) bond motifs is 1. The summed E-state index contributed by atoms with van der Waals surface area (Å²) in [5, 5.41) is 0. The van der Waals surface area contributed by atoms with Crippen LogP contribution in [-0.2, 0) is 0 Å². The molecule has 1 saturated heterocycles. The molecule has 0 radical (unpaired) electrons. The van der Waals surface area contributed by atoms with Gasteiger partial charge >= 0.3 is 0 Å². The van der Waals surface area contributed by atoms with Crippen LogP contribution in [0.5, 0.6) is 11.5 Å². The Hall–Kier alpha value is -2.76. The van der Waals surface area contributed by atoms with Crippen molar-refractivity contribution in [2.75, 3.05) is 38.8 Å². The molecule has 26 heavy (non-hydrogen) atoms. The number of anilines is 1. The predicted octanol–water partition coefficient (Wildman–Crippen LogP) is 2.90. The van der Waals surface area contributed by atoms with E-state index < -0.39 is 0 Å². The molecular formula is C20H23N3O3. The van der Waals surface area contributed by atoms with Gasteiger partial charge < -0.3 is 19.3 Å². The number of carbonyl (C=O) groups is 1. The Morgan fingerprint density at radius 2 is 1.96 bits per heavy atom. The second-order valence-corrected chi connectivity index (χ2v) is 6.86. The summed E-state index contributed by atoms with van der Waals surface area (Å²) >= 11 is 0. The van der Waals surface area contributed by atoms with Crippen LogP contribution in [0.1, 0.15) is 34.8 Å². The van der Waals surface area contributed by atoms with Gasteiger partial charge in [0.15, 0.2) is 11.5 Å². The van der Waals surface area contributed by atoms with Gasteiger partial charge in [-0.15, -0.1) is 0 Å². The molecule has 1 aromatic heterocycles. The molecule has 4 rings (SSSR count). The lowest BCUT2D eigenvalue weighted by Crippen LogP contribution is -2.31. The SMILES string of the molecule is CN(C)c1cc([C@@H]2CCCN2C(=O)c2ccc3c(c2)OCCO3)ccn1. The molecule has 1 aromatic carbocycles. The van der Waals surface area contributed by atoms with Gasteiger partial charge in [0.1, 0.15) is 19.0 Å². The first-order chi connectivity index (χ1) is 12.6. The van der Waals surface area contributed by atoms with Gasteiger partial charge in [0.25, 0.3) is 5.91 Å². The molecule has 1 atom stereocenters. The zero-order valence-electron chi connectivity index (χ0n) is 15.1. The van der Waals surface area contributed by atoms with Crippen LogP contribution in [0.15, 0.2) is 36.5 Å². The van der Waals surface area contributed by atoms with Gasteiger partial charge in [-0.1, -0.05) is 0 Å². The zero-order valence-corrected chi connectivity index (χ0v) is 15.1. The van der Waals surface area contributed by atoms with Crippen LogP contribution in [0.4, 0.5) is 5.82 Å². The number of hydrogen-bond donors (Lipinski definition) is 0. The second kappa shape index (κ2) is 6.86. The van der Waals surface area contributed by atoms with E-state index >= 15 is 0 Å². The van der Waals surface area contributed by atoms with Crippen LogP contribution in [-0.4, -0.2) is 49.6 Å². The third-order valence-electron chi connectivity index (χ3n) is 4.92. The van der Waals surface area contributed by atoms with Gasteiger partial charge in [0.2, 0.25) is 0 Å². The average Bonchev–Trinajstić information content (AvgIpc) is 3.17. The van der Waals surface area contributed by atoms with E-state index in [1.807, 2.05) is 48.3 Å². The van der Waals surface area contributed by atoms with Crippen LogP contribution < -0.4 is 14.4 Å². The number of rotatable bonds is 3. The van der Waals surface area contributed by atoms with Crippen molar-refractivity contribution in [3.05, 3.63) is 47.7 Å². The molecule has 0 spiro atoms. The fraction of sp³-hybridized carbons (Fsp3) is 0.400. The molecule has 0 bridgehead atoms. The first-order valence-electron chi connectivity index (χ1n) is 8.97. The first kappa shape index (κ1) is 16.7. The molecule has 1 amide bonds. The number of benzene rings is 1. The van der Waals surface area contributed by atoms with Crippen molar-refractivity contribution >= 4 is 11.7 Å². The number of carbonyl (C=O) groups excluding carboxylic acids is 1. The Bertz CT molecular complexity index is 822. The largest absolute Gasteiger partial charge is 0.486 e. The Morgan fingerprint density at radius 3 is 2.77 bits per heavy atom. The van der Waals surface area contributed by atoms with Crippen LogP contribution in [0.25, 0.3) is 0 Å². The summed E-state index contributed by atoms with van der Waals surface area (Å²) in [6.07, 6.45) is 3.78. The van der Waals surface area contributed by atoms with Crippen molar-refractivity contribution < 1.29 is 14.3 Å². The van der Waals surface area contributed by atoms with Crippen molar-refractivity contribution in [2.45, 2.75) is 18.9 Å². The van der Waals surface area contributed by atoms with Gasteiger partial charge in [-0.05, 0) is 48.7 Å². The molecule has 2 aliphatic heterocycles. The number of pyridine rings is 1. The minimum Gasteiger partial charge on any atom is -0.486 e. The lowest BCUT2D eigenvalue weighted by atomic mass is 10.0. The number of likely N-dealkylation sites (tertiary alicyclic amines) is 1. The standard InChI is InChI=1S/C20H23N3O3/c1-22(2)19-13-14(7-8-21-19)16-4-3-9-23(16)20(24)15-5-6-17-18(12-15)26-11-10-25-17/h5-8,12-13,16H,3-4,9-11H2,1-2H3/t16-/m0/s1. The maximum atomic E-state index is 13.1.